The molecule has 94 valence electrons. The molecule has 0 spiro atoms. The molecule has 0 radical (unpaired) electrons. The number of esters is 1. The highest BCUT2D eigenvalue weighted by molar-refractivity contribution is 5.72. The number of rotatable bonds is 4. The summed E-state index contributed by atoms with van der Waals surface area (Å²) in [4.78, 5) is 11.7. The quantitative estimate of drug-likeness (QED) is 0.751. The molecular weight excluding hydrogens is 204 g/mol. The van der Waals surface area contributed by atoms with Crippen LogP contribution in [0.2, 0.25) is 0 Å². The van der Waals surface area contributed by atoms with Crippen molar-refractivity contribution in [2.24, 2.45) is 17.3 Å². The van der Waals surface area contributed by atoms with Gasteiger partial charge in [0, 0.05) is 0 Å². The average Bonchev–Trinajstić information content (AvgIpc) is 2.23. The van der Waals surface area contributed by atoms with Crippen LogP contribution in [0.3, 0.4) is 0 Å². The molecule has 2 unspecified atom stereocenters. The molecule has 1 N–H and O–H groups in total. The number of hydrogen-bond donors (Lipinski definition) is 1. The van der Waals surface area contributed by atoms with Gasteiger partial charge in [0.05, 0.1) is 12.5 Å². The molecular formula is C13H24O3. The van der Waals surface area contributed by atoms with E-state index in [2.05, 4.69) is 13.8 Å². The standard InChI is InChI=1S/C13H24O3/c1-10(12(15)16-8-7-14)11-5-4-6-13(2,3)9-11/h10-11,14H,4-9H2,1-3H3. The number of carbonyl (C=O) groups is 1. The molecule has 3 heteroatoms. The van der Waals surface area contributed by atoms with Crippen molar-refractivity contribution < 1.29 is 14.6 Å². The van der Waals surface area contributed by atoms with Crippen LogP contribution in [0.1, 0.15) is 46.5 Å². The van der Waals surface area contributed by atoms with E-state index in [4.69, 9.17) is 9.84 Å². The summed E-state index contributed by atoms with van der Waals surface area (Å²) < 4.78 is 4.99. The van der Waals surface area contributed by atoms with Crippen LogP contribution in [-0.2, 0) is 9.53 Å². The Labute approximate surface area is 98.2 Å². The lowest BCUT2D eigenvalue weighted by molar-refractivity contribution is -0.151. The maximum atomic E-state index is 11.7. The molecule has 0 aromatic heterocycles. The van der Waals surface area contributed by atoms with E-state index in [-0.39, 0.29) is 25.1 Å². The Balaban J connectivity index is 2.46. The summed E-state index contributed by atoms with van der Waals surface area (Å²) in [6.07, 6.45) is 4.68. The van der Waals surface area contributed by atoms with Gasteiger partial charge in [-0.25, -0.2) is 0 Å². The van der Waals surface area contributed by atoms with E-state index < -0.39 is 0 Å². The van der Waals surface area contributed by atoms with Crippen LogP contribution < -0.4 is 0 Å². The van der Waals surface area contributed by atoms with Crippen molar-refractivity contribution in [2.75, 3.05) is 13.2 Å². The molecule has 0 bridgehead atoms. The van der Waals surface area contributed by atoms with Gasteiger partial charge in [-0.15, -0.1) is 0 Å². The van der Waals surface area contributed by atoms with Crippen molar-refractivity contribution >= 4 is 5.97 Å². The fraction of sp³-hybridized carbons (Fsp3) is 0.923. The van der Waals surface area contributed by atoms with Crippen LogP contribution in [0.4, 0.5) is 0 Å². The molecule has 0 saturated heterocycles. The highest BCUT2D eigenvalue weighted by atomic mass is 16.5. The largest absolute Gasteiger partial charge is 0.463 e. The second-order valence-corrected chi connectivity index (χ2v) is 5.70. The van der Waals surface area contributed by atoms with E-state index in [1.165, 1.54) is 12.8 Å². The highest BCUT2D eigenvalue weighted by Gasteiger charge is 2.34. The minimum Gasteiger partial charge on any atom is -0.463 e. The zero-order chi connectivity index (χ0) is 12.2. The normalized spacial score (nSPS) is 26.1. The fourth-order valence-corrected chi connectivity index (χ4v) is 2.65. The van der Waals surface area contributed by atoms with Gasteiger partial charge in [-0.3, -0.25) is 4.79 Å². The van der Waals surface area contributed by atoms with Crippen LogP contribution in [0.15, 0.2) is 0 Å². The Hall–Kier alpha value is -0.570. The van der Waals surface area contributed by atoms with Gasteiger partial charge < -0.3 is 9.84 Å². The Morgan fingerprint density at radius 2 is 2.25 bits per heavy atom. The van der Waals surface area contributed by atoms with Crippen molar-refractivity contribution in [3.8, 4) is 0 Å². The van der Waals surface area contributed by atoms with Crippen LogP contribution in [0, 0.1) is 17.3 Å². The molecule has 0 amide bonds. The Morgan fingerprint density at radius 1 is 1.56 bits per heavy atom. The second-order valence-electron chi connectivity index (χ2n) is 5.70. The number of aliphatic hydroxyl groups excluding tert-OH is 1. The third-order valence-electron chi connectivity index (χ3n) is 3.66. The second kappa shape index (κ2) is 5.67. The average molecular weight is 228 g/mol. The van der Waals surface area contributed by atoms with Crippen LogP contribution >= 0.6 is 0 Å². The first-order chi connectivity index (χ1) is 7.46. The van der Waals surface area contributed by atoms with E-state index in [0.717, 1.165) is 12.8 Å². The van der Waals surface area contributed by atoms with Gasteiger partial charge >= 0.3 is 5.97 Å². The number of carbonyl (C=O) groups excluding carboxylic acids is 1. The lowest BCUT2D eigenvalue weighted by Crippen LogP contribution is -2.31. The van der Waals surface area contributed by atoms with E-state index in [1.807, 2.05) is 6.92 Å². The van der Waals surface area contributed by atoms with Gasteiger partial charge in [-0.1, -0.05) is 27.2 Å². The van der Waals surface area contributed by atoms with Gasteiger partial charge in [-0.2, -0.15) is 0 Å². The molecule has 1 saturated carbocycles. The first kappa shape index (κ1) is 13.5. The lowest BCUT2D eigenvalue weighted by atomic mass is 9.68. The summed E-state index contributed by atoms with van der Waals surface area (Å²) >= 11 is 0. The molecule has 2 atom stereocenters. The van der Waals surface area contributed by atoms with Gasteiger partial charge in [0.25, 0.3) is 0 Å². The molecule has 16 heavy (non-hydrogen) atoms. The van der Waals surface area contributed by atoms with Crippen LogP contribution in [0.5, 0.6) is 0 Å². The maximum Gasteiger partial charge on any atom is 0.309 e. The van der Waals surface area contributed by atoms with Crippen molar-refractivity contribution in [3.05, 3.63) is 0 Å². The zero-order valence-electron chi connectivity index (χ0n) is 10.7. The van der Waals surface area contributed by atoms with E-state index >= 15 is 0 Å². The van der Waals surface area contributed by atoms with E-state index in [9.17, 15) is 4.79 Å². The third-order valence-corrected chi connectivity index (χ3v) is 3.66. The maximum absolute atomic E-state index is 11.7. The summed E-state index contributed by atoms with van der Waals surface area (Å²) in [5.74, 6) is 0.248. The van der Waals surface area contributed by atoms with E-state index in [1.54, 1.807) is 0 Å². The van der Waals surface area contributed by atoms with Crippen LogP contribution in [-0.4, -0.2) is 24.3 Å². The van der Waals surface area contributed by atoms with Crippen LogP contribution in [0.25, 0.3) is 0 Å². The first-order valence-corrected chi connectivity index (χ1v) is 6.24. The minimum absolute atomic E-state index is 0.0360. The van der Waals surface area contributed by atoms with Crippen molar-refractivity contribution in [2.45, 2.75) is 46.5 Å². The van der Waals surface area contributed by atoms with Crippen molar-refractivity contribution in [1.82, 2.24) is 0 Å². The topological polar surface area (TPSA) is 46.5 Å². The smallest absolute Gasteiger partial charge is 0.309 e. The molecule has 0 aliphatic heterocycles. The van der Waals surface area contributed by atoms with Gasteiger partial charge in [0.2, 0.25) is 0 Å². The third kappa shape index (κ3) is 3.78. The molecule has 3 nitrogen and oxygen atoms in total. The Morgan fingerprint density at radius 3 is 2.81 bits per heavy atom. The summed E-state index contributed by atoms with van der Waals surface area (Å²) in [6, 6.07) is 0. The Kier molecular flexibility index (Phi) is 4.78. The fourth-order valence-electron chi connectivity index (χ4n) is 2.65. The highest BCUT2D eigenvalue weighted by Crippen LogP contribution is 2.41. The predicted molar refractivity (Wildman–Crippen MR) is 62.9 cm³/mol. The molecule has 1 aliphatic carbocycles. The zero-order valence-corrected chi connectivity index (χ0v) is 10.7. The SMILES string of the molecule is CC(C(=O)OCCO)C1CCCC(C)(C)C1. The van der Waals surface area contributed by atoms with Crippen molar-refractivity contribution in [3.63, 3.8) is 0 Å². The van der Waals surface area contributed by atoms with E-state index in [0.29, 0.717) is 11.3 Å². The number of aliphatic hydroxyl groups is 1. The summed E-state index contributed by atoms with van der Waals surface area (Å²) in [5, 5.41) is 8.61. The molecule has 1 fully saturated rings. The van der Waals surface area contributed by atoms with Gasteiger partial charge in [0.15, 0.2) is 0 Å². The van der Waals surface area contributed by atoms with Gasteiger partial charge in [-0.05, 0) is 30.6 Å². The van der Waals surface area contributed by atoms with Gasteiger partial charge in [0.1, 0.15) is 6.61 Å². The molecule has 1 aliphatic rings. The summed E-state index contributed by atoms with van der Waals surface area (Å²) in [5.41, 5.74) is 0.356. The number of hydrogen-bond acceptors (Lipinski definition) is 3. The predicted octanol–water partition coefficient (Wildman–Crippen LogP) is 2.37. The molecule has 0 aromatic carbocycles. The molecule has 0 heterocycles. The minimum atomic E-state index is -0.156. The monoisotopic (exact) mass is 228 g/mol. The number of ether oxygens (including phenoxy) is 1. The molecule has 0 aromatic rings. The lowest BCUT2D eigenvalue weighted by Gasteiger charge is -2.37. The summed E-state index contributed by atoms with van der Waals surface area (Å²) in [7, 11) is 0. The van der Waals surface area contributed by atoms with Crippen molar-refractivity contribution in [1.29, 1.82) is 0 Å². The Bertz CT molecular complexity index is 235. The first-order valence-electron chi connectivity index (χ1n) is 6.24. The molecule has 1 rings (SSSR count). The summed E-state index contributed by atoms with van der Waals surface area (Å²) in [6.45, 7) is 6.52.